The number of carbonyl (C=O) groups excluding carboxylic acids is 1. The summed E-state index contributed by atoms with van der Waals surface area (Å²) in [4.78, 5) is 29.6. The van der Waals surface area contributed by atoms with Gasteiger partial charge in [0.15, 0.2) is 0 Å². The molecule has 0 bridgehead atoms. The van der Waals surface area contributed by atoms with Crippen molar-refractivity contribution in [1.29, 1.82) is 0 Å². The molecule has 120 valence electrons. The number of carbonyl (C=O) groups is 2. The van der Waals surface area contributed by atoms with Crippen molar-refractivity contribution in [3.63, 3.8) is 0 Å². The molecule has 0 saturated carbocycles. The van der Waals surface area contributed by atoms with Gasteiger partial charge in [-0.15, -0.1) is 11.8 Å². The minimum Gasteiger partial charge on any atom is -0.480 e. The zero-order chi connectivity index (χ0) is 15.6. The van der Waals surface area contributed by atoms with Gasteiger partial charge in [-0.25, -0.2) is 9.59 Å². The summed E-state index contributed by atoms with van der Waals surface area (Å²) in [5.74, 6) is -0.423. The Morgan fingerprint density at radius 3 is 2.43 bits per heavy atom. The lowest BCUT2D eigenvalue weighted by atomic mass is 10.2. The molecule has 2 amide bonds. The maximum atomic E-state index is 12.6. The topological polar surface area (TPSA) is 64.1 Å². The molecule has 2 saturated heterocycles. The minimum atomic E-state index is -0.904. The van der Waals surface area contributed by atoms with Crippen molar-refractivity contribution in [2.75, 3.05) is 31.9 Å². The number of amides is 2. The lowest BCUT2D eigenvalue weighted by Gasteiger charge is -2.40. The quantitative estimate of drug-likeness (QED) is 0.852. The Kier molecular flexibility index (Phi) is 5.37. The minimum absolute atomic E-state index is 0.0637. The van der Waals surface area contributed by atoms with Crippen LogP contribution in [0.25, 0.3) is 0 Å². The molecule has 2 rings (SSSR count). The van der Waals surface area contributed by atoms with Crippen molar-refractivity contribution in [2.24, 2.45) is 0 Å². The van der Waals surface area contributed by atoms with Gasteiger partial charge in [-0.1, -0.05) is 6.92 Å². The van der Waals surface area contributed by atoms with Crippen LogP contribution >= 0.6 is 11.8 Å². The number of urea groups is 1. The van der Waals surface area contributed by atoms with Gasteiger partial charge >= 0.3 is 12.0 Å². The second kappa shape index (κ2) is 6.87. The van der Waals surface area contributed by atoms with Crippen LogP contribution in [0.4, 0.5) is 4.79 Å². The molecule has 0 aromatic rings. The van der Waals surface area contributed by atoms with Gasteiger partial charge in [0, 0.05) is 38.0 Å². The smallest absolute Gasteiger partial charge is 0.327 e. The molecule has 21 heavy (non-hydrogen) atoms. The summed E-state index contributed by atoms with van der Waals surface area (Å²) in [6, 6.07) is -0.274. The summed E-state index contributed by atoms with van der Waals surface area (Å²) in [6.07, 6.45) is 1.11. The lowest BCUT2D eigenvalue weighted by Crippen LogP contribution is -2.57. The Balaban J connectivity index is 1.96. The maximum Gasteiger partial charge on any atom is 0.327 e. The van der Waals surface area contributed by atoms with Crippen molar-refractivity contribution in [1.82, 2.24) is 14.7 Å². The van der Waals surface area contributed by atoms with E-state index in [0.29, 0.717) is 24.9 Å². The van der Waals surface area contributed by atoms with E-state index < -0.39 is 12.0 Å². The van der Waals surface area contributed by atoms with Crippen molar-refractivity contribution in [3.8, 4) is 0 Å². The van der Waals surface area contributed by atoms with E-state index in [1.54, 1.807) is 4.90 Å². The van der Waals surface area contributed by atoms with E-state index in [9.17, 15) is 14.7 Å². The van der Waals surface area contributed by atoms with Crippen LogP contribution in [0.5, 0.6) is 0 Å². The average molecular weight is 315 g/mol. The van der Waals surface area contributed by atoms with E-state index in [0.717, 1.165) is 19.5 Å². The zero-order valence-corrected chi connectivity index (χ0v) is 13.8. The summed E-state index contributed by atoms with van der Waals surface area (Å²) in [5, 5.41) is 9.20. The highest BCUT2D eigenvalue weighted by molar-refractivity contribution is 8.00. The molecule has 2 aliphatic heterocycles. The van der Waals surface area contributed by atoms with Crippen molar-refractivity contribution in [3.05, 3.63) is 0 Å². The number of hydrogen-bond acceptors (Lipinski definition) is 4. The molecular weight excluding hydrogens is 290 g/mol. The molecule has 7 heteroatoms. The van der Waals surface area contributed by atoms with E-state index in [2.05, 4.69) is 18.7 Å². The van der Waals surface area contributed by atoms with Gasteiger partial charge in [-0.2, -0.15) is 0 Å². The molecule has 6 nitrogen and oxygen atoms in total. The predicted molar refractivity (Wildman–Crippen MR) is 83.5 cm³/mol. The number of carboxylic acid groups (broad SMARTS) is 1. The Labute approximate surface area is 130 Å². The molecular formula is C14H25N3O3S. The van der Waals surface area contributed by atoms with Crippen LogP contribution in [-0.2, 0) is 4.79 Å². The molecule has 0 radical (unpaired) electrons. The first-order valence-electron chi connectivity index (χ1n) is 7.61. The molecule has 3 atom stereocenters. The Morgan fingerprint density at radius 1 is 1.29 bits per heavy atom. The molecule has 2 aliphatic rings. The van der Waals surface area contributed by atoms with Crippen LogP contribution in [0.2, 0.25) is 0 Å². The van der Waals surface area contributed by atoms with Gasteiger partial charge in [-0.3, -0.25) is 9.80 Å². The van der Waals surface area contributed by atoms with Gasteiger partial charge in [-0.05, 0) is 20.3 Å². The molecule has 0 aliphatic carbocycles. The largest absolute Gasteiger partial charge is 0.480 e. The highest BCUT2D eigenvalue weighted by Crippen LogP contribution is 2.30. The van der Waals surface area contributed by atoms with Crippen molar-refractivity contribution < 1.29 is 14.7 Å². The number of aliphatic carboxylic acids is 1. The number of hydrogen-bond donors (Lipinski definition) is 1. The fourth-order valence-corrected chi connectivity index (χ4v) is 4.06. The standard InChI is InChI=1S/C14H25N3O3S/c1-4-10(2)15-5-7-16(8-6-15)14(20)17-11(3)21-9-12(17)13(18)19/h10-12H,4-9H2,1-3H3,(H,18,19). The first-order chi connectivity index (χ1) is 9.95. The van der Waals surface area contributed by atoms with Crippen LogP contribution in [0.15, 0.2) is 0 Å². The molecule has 3 unspecified atom stereocenters. The van der Waals surface area contributed by atoms with Gasteiger partial charge in [0.05, 0.1) is 5.37 Å². The predicted octanol–water partition coefficient (Wildman–Crippen LogP) is 1.37. The first-order valence-corrected chi connectivity index (χ1v) is 8.66. The second-order valence-electron chi connectivity index (χ2n) is 5.76. The SMILES string of the molecule is CCC(C)N1CCN(C(=O)N2C(C)SCC2C(=O)O)CC1. The Morgan fingerprint density at radius 2 is 1.90 bits per heavy atom. The molecule has 0 spiro atoms. The van der Waals surface area contributed by atoms with Crippen molar-refractivity contribution >= 4 is 23.8 Å². The summed E-state index contributed by atoms with van der Waals surface area (Å²) in [6.45, 7) is 9.38. The first kappa shape index (κ1) is 16.4. The number of rotatable bonds is 3. The number of carboxylic acids is 1. The molecule has 1 N–H and O–H groups in total. The van der Waals surface area contributed by atoms with E-state index in [1.807, 2.05) is 6.92 Å². The summed E-state index contributed by atoms with van der Waals surface area (Å²) >= 11 is 1.53. The summed E-state index contributed by atoms with van der Waals surface area (Å²) in [7, 11) is 0. The maximum absolute atomic E-state index is 12.6. The third kappa shape index (κ3) is 3.45. The average Bonchev–Trinajstić information content (AvgIpc) is 2.87. The fraction of sp³-hybridized carbons (Fsp3) is 0.857. The normalized spacial score (nSPS) is 28.7. The van der Waals surface area contributed by atoms with Gasteiger partial charge in [0.1, 0.15) is 6.04 Å². The van der Waals surface area contributed by atoms with Crippen LogP contribution in [0.1, 0.15) is 27.2 Å². The lowest BCUT2D eigenvalue weighted by molar-refractivity contribution is -0.141. The number of piperazine rings is 1. The monoisotopic (exact) mass is 315 g/mol. The summed E-state index contributed by atoms with van der Waals surface area (Å²) < 4.78 is 0. The third-order valence-corrected chi connectivity index (χ3v) is 5.75. The number of thioether (sulfide) groups is 1. The van der Waals surface area contributed by atoms with E-state index >= 15 is 0 Å². The highest BCUT2D eigenvalue weighted by atomic mass is 32.2. The van der Waals surface area contributed by atoms with E-state index in [1.165, 1.54) is 16.7 Å². The van der Waals surface area contributed by atoms with E-state index in [4.69, 9.17) is 0 Å². The molecule has 2 heterocycles. The van der Waals surface area contributed by atoms with Crippen LogP contribution in [0, 0.1) is 0 Å². The van der Waals surface area contributed by atoms with Crippen LogP contribution < -0.4 is 0 Å². The van der Waals surface area contributed by atoms with Crippen LogP contribution in [-0.4, -0.2) is 81.2 Å². The Hall–Kier alpha value is -0.950. The third-order valence-electron chi connectivity index (χ3n) is 4.53. The van der Waals surface area contributed by atoms with Crippen LogP contribution in [0.3, 0.4) is 0 Å². The molecule has 0 aromatic heterocycles. The fourth-order valence-electron chi connectivity index (χ4n) is 2.90. The molecule has 0 aromatic carbocycles. The van der Waals surface area contributed by atoms with Gasteiger partial charge in [0.2, 0.25) is 0 Å². The highest BCUT2D eigenvalue weighted by Gasteiger charge is 2.41. The van der Waals surface area contributed by atoms with E-state index in [-0.39, 0.29) is 11.4 Å². The second-order valence-corrected chi connectivity index (χ2v) is 7.11. The molecule has 2 fully saturated rings. The number of nitrogens with zero attached hydrogens (tertiary/aromatic N) is 3. The van der Waals surface area contributed by atoms with Crippen molar-refractivity contribution in [2.45, 2.75) is 44.6 Å². The summed E-state index contributed by atoms with van der Waals surface area (Å²) in [5.41, 5.74) is 0. The zero-order valence-electron chi connectivity index (χ0n) is 13.0. The Bertz CT molecular complexity index is 399. The van der Waals surface area contributed by atoms with Gasteiger partial charge < -0.3 is 10.0 Å². The van der Waals surface area contributed by atoms with Gasteiger partial charge in [0.25, 0.3) is 0 Å².